The van der Waals surface area contributed by atoms with Crippen molar-refractivity contribution in [3.8, 4) is 5.75 Å². The van der Waals surface area contributed by atoms with Gasteiger partial charge in [0.05, 0.1) is 5.97 Å². The van der Waals surface area contributed by atoms with Gasteiger partial charge in [-0.25, -0.2) is 0 Å². The molecule has 2 aromatic rings. The van der Waals surface area contributed by atoms with Crippen LogP contribution in [-0.4, -0.2) is 18.5 Å². The topological polar surface area (TPSA) is 78.5 Å². The van der Waals surface area contributed by atoms with Gasteiger partial charge in [0.15, 0.2) is 6.61 Å². The van der Waals surface area contributed by atoms with Crippen molar-refractivity contribution in [2.45, 2.75) is 20.4 Å². The second kappa shape index (κ2) is 7.45. The zero-order chi connectivity index (χ0) is 16.8. The molecule has 1 amide bonds. The number of nitrogens with one attached hydrogen (secondary N) is 1. The first kappa shape index (κ1) is 16.5. The van der Waals surface area contributed by atoms with Crippen LogP contribution in [0, 0.1) is 13.8 Å². The second-order valence-electron chi connectivity index (χ2n) is 5.30. The summed E-state index contributed by atoms with van der Waals surface area (Å²) in [6.45, 7) is 4.23. The summed E-state index contributed by atoms with van der Waals surface area (Å²) in [5.74, 6) is -0.809. The summed E-state index contributed by atoms with van der Waals surface area (Å²) >= 11 is 0. The number of hydrogen-bond acceptors (Lipinski definition) is 4. The van der Waals surface area contributed by atoms with Gasteiger partial charge in [0.1, 0.15) is 5.75 Å². The number of carbonyl (C=O) groups excluding carboxylic acids is 2. The molecule has 0 aromatic heterocycles. The average molecular weight is 312 g/mol. The molecule has 1 N–H and O–H groups in total. The molecule has 0 atom stereocenters. The third-order valence-electron chi connectivity index (χ3n) is 3.53. The lowest BCUT2D eigenvalue weighted by molar-refractivity contribution is -0.255. The SMILES string of the molecule is Cc1ccc(OCC(=O)NCc2ccc(C(=O)[O-])cc2)cc1C. The van der Waals surface area contributed by atoms with Gasteiger partial charge < -0.3 is 20.0 Å². The Hall–Kier alpha value is -2.82. The Labute approximate surface area is 134 Å². The Bertz CT molecular complexity index is 707. The second-order valence-corrected chi connectivity index (χ2v) is 5.30. The molecule has 0 fully saturated rings. The van der Waals surface area contributed by atoms with Gasteiger partial charge in [0.25, 0.3) is 5.91 Å². The highest BCUT2D eigenvalue weighted by Crippen LogP contribution is 2.16. The number of ether oxygens (including phenoxy) is 1. The normalized spacial score (nSPS) is 10.2. The summed E-state index contributed by atoms with van der Waals surface area (Å²) < 4.78 is 5.44. The number of carbonyl (C=O) groups is 2. The highest BCUT2D eigenvalue weighted by atomic mass is 16.5. The first-order valence-electron chi connectivity index (χ1n) is 7.23. The summed E-state index contributed by atoms with van der Waals surface area (Å²) in [4.78, 5) is 22.4. The van der Waals surface area contributed by atoms with E-state index in [1.165, 1.54) is 17.7 Å². The Morgan fingerprint density at radius 2 is 1.74 bits per heavy atom. The summed E-state index contributed by atoms with van der Waals surface area (Å²) in [5.41, 5.74) is 3.19. The van der Waals surface area contributed by atoms with Gasteiger partial charge >= 0.3 is 0 Å². The third-order valence-corrected chi connectivity index (χ3v) is 3.53. The summed E-state index contributed by atoms with van der Waals surface area (Å²) in [7, 11) is 0. The molecule has 2 rings (SSSR count). The predicted molar refractivity (Wildman–Crippen MR) is 84.0 cm³/mol. The van der Waals surface area contributed by atoms with E-state index in [0.717, 1.165) is 11.1 Å². The molecule has 120 valence electrons. The van der Waals surface area contributed by atoms with Crippen molar-refractivity contribution >= 4 is 11.9 Å². The number of benzene rings is 2. The van der Waals surface area contributed by atoms with Crippen LogP contribution in [0.25, 0.3) is 0 Å². The molecule has 0 saturated heterocycles. The van der Waals surface area contributed by atoms with Crippen molar-refractivity contribution in [2.75, 3.05) is 6.61 Å². The first-order valence-corrected chi connectivity index (χ1v) is 7.23. The van der Waals surface area contributed by atoms with Crippen molar-refractivity contribution in [2.24, 2.45) is 0 Å². The molecule has 0 saturated carbocycles. The minimum absolute atomic E-state index is 0.0698. The van der Waals surface area contributed by atoms with Gasteiger partial charge in [-0.3, -0.25) is 4.79 Å². The Morgan fingerprint density at radius 1 is 1.04 bits per heavy atom. The van der Waals surface area contributed by atoms with E-state index in [0.29, 0.717) is 12.3 Å². The highest BCUT2D eigenvalue weighted by Gasteiger charge is 2.04. The van der Waals surface area contributed by atoms with Crippen molar-refractivity contribution < 1.29 is 19.4 Å². The summed E-state index contributed by atoms with van der Waals surface area (Å²) in [6.07, 6.45) is 0. The van der Waals surface area contributed by atoms with E-state index in [1.54, 1.807) is 12.1 Å². The van der Waals surface area contributed by atoms with E-state index in [2.05, 4.69) is 5.32 Å². The van der Waals surface area contributed by atoms with Crippen LogP contribution in [0.3, 0.4) is 0 Å². The van der Waals surface area contributed by atoms with Gasteiger partial charge in [0, 0.05) is 6.54 Å². The molecule has 0 bridgehead atoms. The number of aryl methyl sites for hydroxylation is 2. The van der Waals surface area contributed by atoms with Crippen LogP contribution in [0.1, 0.15) is 27.0 Å². The Kier molecular flexibility index (Phi) is 5.36. The van der Waals surface area contributed by atoms with E-state index in [1.807, 2.05) is 32.0 Å². The van der Waals surface area contributed by atoms with Crippen molar-refractivity contribution in [1.29, 1.82) is 0 Å². The highest BCUT2D eigenvalue weighted by molar-refractivity contribution is 5.85. The number of carboxylic acids is 1. The molecule has 5 heteroatoms. The summed E-state index contributed by atoms with van der Waals surface area (Å²) in [6, 6.07) is 11.8. The lowest BCUT2D eigenvalue weighted by Gasteiger charge is -2.09. The fourth-order valence-electron chi connectivity index (χ4n) is 1.96. The Morgan fingerprint density at radius 3 is 2.35 bits per heavy atom. The number of amides is 1. The lowest BCUT2D eigenvalue weighted by Crippen LogP contribution is -2.28. The average Bonchev–Trinajstić information content (AvgIpc) is 2.54. The monoisotopic (exact) mass is 312 g/mol. The molecule has 0 aliphatic heterocycles. The van der Waals surface area contributed by atoms with E-state index in [4.69, 9.17) is 4.74 Å². The van der Waals surface area contributed by atoms with Crippen molar-refractivity contribution in [1.82, 2.24) is 5.32 Å². The Balaban J connectivity index is 1.80. The molecule has 0 aliphatic carbocycles. The van der Waals surface area contributed by atoms with Crippen LogP contribution in [0.4, 0.5) is 0 Å². The number of hydrogen-bond donors (Lipinski definition) is 1. The van der Waals surface area contributed by atoms with Gasteiger partial charge in [-0.15, -0.1) is 0 Å². The molecule has 0 unspecified atom stereocenters. The van der Waals surface area contributed by atoms with Gasteiger partial charge in [0.2, 0.25) is 0 Å². The minimum atomic E-state index is -1.22. The number of aromatic carboxylic acids is 1. The van der Waals surface area contributed by atoms with E-state index >= 15 is 0 Å². The van der Waals surface area contributed by atoms with Gasteiger partial charge in [-0.05, 0) is 48.2 Å². The van der Waals surface area contributed by atoms with Crippen molar-refractivity contribution in [3.05, 3.63) is 64.7 Å². The fourth-order valence-corrected chi connectivity index (χ4v) is 1.96. The molecule has 0 aliphatic rings. The lowest BCUT2D eigenvalue weighted by atomic mass is 10.1. The predicted octanol–water partition coefficient (Wildman–Crippen LogP) is 1.36. The number of carboxylic acid groups (broad SMARTS) is 1. The largest absolute Gasteiger partial charge is 0.545 e. The maximum atomic E-state index is 11.8. The van der Waals surface area contributed by atoms with Crippen LogP contribution >= 0.6 is 0 Å². The molecule has 23 heavy (non-hydrogen) atoms. The molecule has 0 heterocycles. The van der Waals surface area contributed by atoms with Crippen LogP contribution in [0.5, 0.6) is 5.75 Å². The molecule has 0 radical (unpaired) electrons. The minimum Gasteiger partial charge on any atom is -0.545 e. The zero-order valence-electron chi connectivity index (χ0n) is 13.1. The summed E-state index contributed by atoms with van der Waals surface area (Å²) in [5, 5.41) is 13.4. The third kappa shape index (κ3) is 4.85. The zero-order valence-corrected chi connectivity index (χ0v) is 13.1. The maximum Gasteiger partial charge on any atom is 0.258 e. The van der Waals surface area contributed by atoms with Crippen LogP contribution in [-0.2, 0) is 11.3 Å². The number of rotatable bonds is 6. The van der Waals surface area contributed by atoms with E-state index in [-0.39, 0.29) is 18.1 Å². The maximum absolute atomic E-state index is 11.8. The molecular weight excluding hydrogens is 294 g/mol. The smallest absolute Gasteiger partial charge is 0.258 e. The fraction of sp³-hybridized carbons (Fsp3) is 0.222. The first-order chi connectivity index (χ1) is 11.0. The van der Waals surface area contributed by atoms with Crippen LogP contribution in [0.15, 0.2) is 42.5 Å². The van der Waals surface area contributed by atoms with E-state index in [9.17, 15) is 14.7 Å². The standard InChI is InChI=1S/C18H19NO4/c1-12-3-8-16(9-13(12)2)23-11-17(20)19-10-14-4-6-15(7-5-14)18(21)22/h3-9H,10-11H2,1-2H3,(H,19,20)(H,21,22)/p-1. The molecular formula is C18H18NO4-. The molecule has 2 aromatic carbocycles. The molecule has 5 nitrogen and oxygen atoms in total. The van der Waals surface area contributed by atoms with Crippen LogP contribution in [0.2, 0.25) is 0 Å². The van der Waals surface area contributed by atoms with Crippen molar-refractivity contribution in [3.63, 3.8) is 0 Å². The van der Waals surface area contributed by atoms with Gasteiger partial charge in [-0.1, -0.05) is 30.3 Å². The molecule has 0 spiro atoms. The van der Waals surface area contributed by atoms with Crippen LogP contribution < -0.4 is 15.2 Å². The van der Waals surface area contributed by atoms with E-state index < -0.39 is 5.97 Å². The van der Waals surface area contributed by atoms with Gasteiger partial charge in [-0.2, -0.15) is 0 Å². The quantitative estimate of drug-likeness (QED) is 0.873.